The third kappa shape index (κ3) is 4.50. The molecular weight excluding hydrogens is 153 g/mol. The fourth-order valence-corrected chi connectivity index (χ4v) is 1.14. The smallest absolute Gasteiger partial charge is 0.105 e. The minimum atomic E-state index is -0.235. The Balaban J connectivity index is 0.000000561. The standard InChI is InChI=1S/C8H14FN.C2H6/c1-7-2-3-8(6-9)10-5-4-7;1-2/h4,8,10H,2-3,5-6H2,1H3;1-2H3. The van der Waals surface area contributed by atoms with E-state index in [1.807, 2.05) is 13.8 Å². The third-order valence-corrected chi connectivity index (χ3v) is 1.93. The molecule has 1 aliphatic heterocycles. The van der Waals surface area contributed by atoms with Crippen LogP contribution in [0.3, 0.4) is 0 Å². The summed E-state index contributed by atoms with van der Waals surface area (Å²) < 4.78 is 12.1. The summed E-state index contributed by atoms with van der Waals surface area (Å²) in [7, 11) is 0. The van der Waals surface area contributed by atoms with Gasteiger partial charge in [0, 0.05) is 12.6 Å². The summed E-state index contributed by atoms with van der Waals surface area (Å²) in [6.07, 6.45) is 4.12. The van der Waals surface area contributed by atoms with E-state index in [9.17, 15) is 4.39 Å². The molecule has 0 aromatic rings. The van der Waals surface area contributed by atoms with E-state index < -0.39 is 0 Å². The average Bonchev–Trinajstić information content (AvgIpc) is 2.33. The van der Waals surface area contributed by atoms with Crippen LogP contribution in [0.25, 0.3) is 0 Å². The molecule has 1 aliphatic rings. The number of hydrogen-bond donors (Lipinski definition) is 1. The highest BCUT2D eigenvalue weighted by molar-refractivity contribution is 5.02. The molecule has 1 nitrogen and oxygen atoms in total. The van der Waals surface area contributed by atoms with Crippen molar-refractivity contribution in [2.75, 3.05) is 13.2 Å². The van der Waals surface area contributed by atoms with E-state index in [1.165, 1.54) is 5.57 Å². The summed E-state index contributed by atoms with van der Waals surface area (Å²) in [5.41, 5.74) is 1.38. The van der Waals surface area contributed by atoms with Crippen LogP contribution in [-0.4, -0.2) is 19.3 Å². The van der Waals surface area contributed by atoms with Crippen LogP contribution in [0.2, 0.25) is 0 Å². The molecule has 1 N–H and O–H groups in total. The topological polar surface area (TPSA) is 12.0 Å². The Morgan fingerprint density at radius 2 is 2.25 bits per heavy atom. The van der Waals surface area contributed by atoms with Crippen LogP contribution < -0.4 is 5.32 Å². The molecule has 12 heavy (non-hydrogen) atoms. The molecule has 72 valence electrons. The molecule has 0 spiro atoms. The van der Waals surface area contributed by atoms with Crippen molar-refractivity contribution in [2.24, 2.45) is 0 Å². The largest absolute Gasteiger partial charge is 0.308 e. The highest BCUT2D eigenvalue weighted by Gasteiger charge is 2.09. The van der Waals surface area contributed by atoms with E-state index in [0.29, 0.717) is 0 Å². The first-order valence-corrected chi connectivity index (χ1v) is 4.78. The molecule has 0 fully saturated rings. The summed E-state index contributed by atoms with van der Waals surface area (Å²) in [4.78, 5) is 0. The first-order valence-electron chi connectivity index (χ1n) is 4.78. The second-order valence-corrected chi connectivity index (χ2v) is 2.85. The van der Waals surface area contributed by atoms with E-state index in [0.717, 1.165) is 19.4 Å². The van der Waals surface area contributed by atoms with Gasteiger partial charge in [-0.15, -0.1) is 0 Å². The summed E-state index contributed by atoms with van der Waals surface area (Å²) in [5, 5.41) is 3.11. The fraction of sp³-hybridized carbons (Fsp3) is 0.800. The minimum Gasteiger partial charge on any atom is -0.308 e. The lowest BCUT2D eigenvalue weighted by Gasteiger charge is -2.09. The van der Waals surface area contributed by atoms with E-state index in [4.69, 9.17) is 0 Å². The van der Waals surface area contributed by atoms with E-state index in [1.54, 1.807) is 0 Å². The van der Waals surface area contributed by atoms with Gasteiger partial charge in [-0.3, -0.25) is 0 Å². The molecule has 2 heteroatoms. The molecule has 1 unspecified atom stereocenters. The zero-order valence-electron chi connectivity index (χ0n) is 8.36. The lowest BCUT2D eigenvalue weighted by molar-refractivity contribution is 0.372. The lowest BCUT2D eigenvalue weighted by Crippen LogP contribution is -2.29. The number of nitrogens with one attached hydrogen (secondary N) is 1. The second kappa shape index (κ2) is 7.29. The summed E-state index contributed by atoms with van der Waals surface area (Å²) in [6, 6.07) is 0.0914. The summed E-state index contributed by atoms with van der Waals surface area (Å²) in [5.74, 6) is 0. The van der Waals surface area contributed by atoms with Crippen LogP contribution in [0.15, 0.2) is 11.6 Å². The van der Waals surface area contributed by atoms with Gasteiger partial charge in [-0.2, -0.15) is 0 Å². The Morgan fingerprint density at radius 3 is 2.83 bits per heavy atom. The second-order valence-electron chi connectivity index (χ2n) is 2.85. The van der Waals surface area contributed by atoms with Crippen LogP contribution in [-0.2, 0) is 0 Å². The number of allylic oxidation sites excluding steroid dienone is 1. The van der Waals surface area contributed by atoms with Gasteiger partial charge in [-0.25, -0.2) is 4.39 Å². The SMILES string of the molecule is CC.CC1=CCNC(CF)CC1. The molecule has 0 radical (unpaired) electrons. The molecule has 0 bridgehead atoms. The monoisotopic (exact) mass is 173 g/mol. The molecule has 0 aromatic carbocycles. The Hall–Kier alpha value is -0.370. The Kier molecular flexibility index (Phi) is 7.06. The summed E-state index contributed by atoms with van der Waals surface area (Å²) >= 11 is 0. The van der Waals surface area contributed by atoms with Crippen molar-refractivity contribution >= 4 is 0 Å². The third-order valence-electron chi connectivity index (χ3n) is 1.93. The Bertz CT molecular complexity index is 132. The van der Waals surface area contributed by atoms with Crippen LogP contribution >= 0.6 is 0 Å². The molecular formula is C10H20FN. The minimum absolute atomic E-state index is 0.0914. The zero-order chi connectivity index (χ0) is 9.40. The highest BCUT2D eigenvalue weighted by atomic mass is 19.1. The van der Waals surface area contributed by atoms with Gasteiger partial charge in [-0.05, 0) is 19.8 Å². The first-order chi connectivity index (χ1) is 5.83. The number of alkyl halides is 1. The van der Waals surface area contributed by atoms with Crippen LogP contribution in [0, 0.1) is 0 Å². The van der Waals surface area contributed by atoms with E-state index >= 15 is 0 Å². The Morgan fingerprint density at radius 1 is 1.58 bits per heavy atom. The molecule has 0 amide bonds. The molecule has 0 saturated carbocycles. The molecule has 1 rings (SSSR count). The maximum absolute atomic E-state index is 12.1. The van der Waals surface area contributed by atoms with Crippen molar-refractivity contribution in [2.45, 2.75) is 39.7 Å². The molecule has 0 aliphatic carbocycles. The summed E-state index contributed by atoms with van der Waals surface area (Å²) in [6.45, 7) is 6.70. The predicted molar refractivity (Wildman–Crippen MR) is 52.1 cm³/mol. The quantitative estimate of drug-likeness (QED) is 0.601. The number of hydrogen-bond acceptors (Lipinski definition) is 1. The molecule has 1 atom stereocenters. The van der Waals surface area contributed by atoms with Gasteiger partial charge in [0.25, 0.3) is 0 Å². The lowest BCUT2D eigenvalue weighted by atomic mass is 10.1. The molecule has 0 saturated heterocycles. The number of halogens is 1. The van der Waals surface area contributed by atoms with Crippen molar-refractivity contribution in [3.63, 3.8) is 0 Å². The van der Waals surface area contributed by atoms with Gasteiger partial charge < -0.3 is 5.32 Å². The van der Waals surface area contributed by atoms with Crippen molar-refractivity contribution in [3.05, 3.63) is 11.6 Å². The van der Waals surface area contributed by atoms with Crippen molar-refractivity contribution in [1.82, 2.24) is 5.32 Å². The van der Waals surface area contributed by atoms with Gasteiger partial charge in [0.15, 0.2) is 0 Å². The molecule has 0 aromatic heterocycles. The van der Waals surface area contributed by atoms with E-state index in [2.05, 4.69) is 18.3 Å². The number of rotatable bonds is 1. The van der Waals surface area contributed by atoms with Gasteiger partial charge in [-0.1, -0.05) is 25.5 Å². The van der Waals surface area contributed by atoms with Gasteiger partial charge in [0.1, 0.15) is 6.67 Å². The predicted octanol–water partition coefficient (Wildman–Crippen LogP) is 2.68. The average molecular weight is 173 g/mol. The van der Waals surface area contributed by atoms with Gasteiger partial charge in [0.05, 0.1) is 0 Å². The molecule has 1 heterocycles. The maximum Gasteiger partial charge on any atom is 0.105 e. The zero-order valence-corrected chi connectivity index (χ0v) is 8.36. The van der Waals surface area contributed by atoms with Gasteiger partial charge in [0.2, 0.25) is 0 Å². The van der Waals surface area contributed by atoms with E-state index in [-0.39, 0.29) is 12.7 Å². The first kappa shape index (κ1) is 11.6. The van der Waals surface area contributed by atoms with Crippen molar-refractivity contribution in [3.8, 4) is 0 Å². The van der Waals surface area contributed by atoms with Crippen LogP contribution in [0.5, 0.6) is 0 Å². The maximum atomic E-state index is 12.1. The van der Waals surface area contributed by atoms with Crippen LogP contribution in [0.1, 0.15) is 33.6 Å². The van der Waals surface area contributed by atoms with Gasteiger partial charge >= 0.3 is 0 Å². The van der Waals surface area contributed by atoms with Crippen molar-refractivity contribution < 1.29 is 4.39 Å². The fourth-order valence-electron chi connectivity index (χ4n) is 1.14. The Labute approximate surface area is 75.0 Å². The highest BCUT2D eigenvalue weighted by Crippen LogP contribution is 2.09. The van der Waals surface area contributed by atoms with Crippen molar-refractivity contribution in [1.29, 1.82) is 0 Å². The van der Waals surface area contributed by atoms with Crippen LogP contribution in [0.4, 0.5) is 4.39 Å². The normalized spacial score (nSPS) is 23.3.